The highest BCUT2D eigenvalue weighted by atomic mass is 16.5. The Labute approximate surface area is 160 Å². The van der Waals surface area contributed by atoms with Gasteiger partial charge in [0.2, 0.25) is 0 Å². The Morgan fingerprint density at radius 2 is 2.04 bits per heavy atom. The first kappa shape index (κ1) is 18.1. The van der Waals surface area contributed by atoms with Crippen molar-refractivity contribution in [2.45, 2.75) is 57.5 Å². The molecule has 0 aliphatic heterocycles. The first-order chi connectivity index (χ1) is 13.2. The number of hydrogen-bond acceptors (Lipinski definition) is 3. The molecule has 0 atom stereocenters. The number of ether oxygens (including phenoxy) is 1. The average molecular weight is 370 g/mol. The molecule has 6 nitrogen and oxygen atoms in total. The fraction of sp³-hybridized carbons (Fsp3) is 0.619. The van der Waals surface area contributed by atoms with Crippen LogP contribution in [0.3, 0.4) is 0 Å². The summed E-state index contributed by atoms with van der Waals surface area (Å²) in [7, 11) is 3.65. The molecular weight excluding hydrogens is 340 g/mol. The predicted octanol–water partition coefficient (Wildman–Crippen LogP) is 3.84. The zero-order chi connectivity index (χ0) is 18.8. The number of fused-ring (bicyclic) bond motifs is 1. The zero-order valence-electron chi connectivity index (χ0n) is 16.4. The number of imidazole rings is 1. The van der Waals surface area contributed by atoms with Crippen molar-refractivity contribution in [3.8, 4) is 5.75 Å². The molecule has 1 heterocycles. The number of aryl methyl sites for hydroxylation is 1. The molecule has 2 amide bonds. The monoisotopic (exact) mass is 370 g/mol. The molecule has 0 radical (unpaired) electrons. The van der Waals surface area contributed by atoms with Gasteiger partial charge in [0.25, 0.3) is 0 Å². The zero-order valence-corrected chi connectivity index (χ0v) is 16.4. The fourth-order valence-corrected chi connectivity index (χ4v) is 4.14. The van der Waals surface area contributed by atoms with Gasteiger partial charge in [0.05, 0.1) is 24.7 Å². The number of rotatable bonds is 6. The van der Waals surface area contributed by atoms with Gasteiger partial charge in [-0.1, -0.05) is 19.3 Å². The summed E-state index contributed by atoms with van der Waals surface area (Å²) in [6.07, 6.45) is 8.61. The van der Waals surface area contributed by atoms with Crippen LogP contribution in [0, 0.1) is 5.92 Å². The van der Waals surface area contributed by atoms with Crippen molar-refractivity contribution in [2.75, 3.05) is 13.7 Å². The number of hydrogen-bond donors (Lipinski definition) is 1. The Kier molecular flexibility index (Phi) is 5.23. The number of nitrogens with one attached hydrogen (secondary N) is 1. The predicted molar refractivity (Wildman–Crippen MR) is 106 cm³/mol. The summed E-state index contributed by atoms with van der Waals surface area (Å²) in [6.45, 7) is 1.36. The Bertz CT molecular complexity index is 806. The highest BCUT2D eigenvalue weighted by Crippen LogP contribution is 2.32. The molecule has 2 aliphatic rings. The molecule has 0 unspecified atom stereocenters. The molecule has 2 saturated carbocycles. The third kappa shape index (κ3) is 4.04. The van der Waals surface area contributed by atoms with Gasteiger partial charge in [-0.25, -0.2) is 9.78 Å². The van der Waals surface area contributed by atoms with E-state index in [0.29, 0.717) is 18.5 Å². The van der Waals surface area contributed by atoms with Crippen molar-refractivity contribution >= 4 is 17.1 Å². The van der Waals surface area contributed by atoms with Gasteiger partial charge in [-0.05, 0) is 43.7 Å². The highest BCUT2D eigenvalue weighted by molar-refractivity contribution is 5.78. The van der Waals surface area contributed by atoms with Crippen LogP contribution < -0.4 is 10.1 Å². The van der Waals surface area contributed by atoms with Gasteiger partial charge in [0.15, 0.2) is 0 Å². The van der Waals surface area contributed by atoms with Crippen LogP contribution in [0.15, 0.2) is 18.2 Å². The van der Waals surface area contributed by atoms with Crippen molar-refractivity contribution in [1.82, 2.24) is 19.8 Å². The second-order valence-electron chi connectivity index (χ2n) is 7.99. The maximum absolute atomic E-state index is 13.0. The van der Waals surface area contributed by atoms with Gasteiger partial charge >= 0.3 is 6.03 Å². The SMILES string of the molecule is COc1ccc2c(c1)nc(CNC(=O)N(CC1CC1)C1CCCCC1)n2C. The minimum absolute atomic E-state index is 0.0680. The molecule has 2 aliphatic carbocycles. The van der Waals surface area contributed by atoms with E-state index in [1.165, 1.54) is 32.1 Å². The first-order valence-corrected chi connectivity index (χ1v) is 10.2. The number of carbonyl (C=O) groups is 1. The van der Waals surface area contributed by atoms with Gasteiger partial charge in [0.1, 0.15) is 11.6 Å². The van der Waals surface area contributed by atoms with E-state index in [0.717, 1.165) is 42.0 Å². The molecule has 146 valence electrons. The molecule has 0 bridgehead atoms. The molecule has 1 aromatic carbocycles. The molecule has 0 spiro atoms. The van der Waals surface area contributed by atoms with E-state index >= 15 is 0 Å². The van der Waals surface area contributed by atoms with Crippen molar-refractivity contribution in [2.24, 2.45) is 13.0 Å². The summed E-state index contributed by atoms with van der Waals surface area (Å²) in [4.78, 5) is 19.8. The van der Waals surface area contributed by atoms with Crippen LogP contribution in [-0.2, 0) is 13.6 Å². The summed E-state index contributed by atoms with van der Waals surface area (Å²) >= 11 is 0. The number of urea groups is 1. The van der Waals surface area contributed by atoms with Crippen LogP contribution >= 0.6 is 0 Å². The van der Waals surface area contributed by atoms with Crippen molar-refractivity contribution < 1.29 is 9.53 Å². The van der Waals surface area contributed by atoms with Gasteiger partial charge in [-0.15, -0.1) is 0 Å². The molecular formula is C21H30N4O2. The van der Waals surface area contributed by atoms with Gasteiger partial charge < -0.3 is 19.5 Å². The van der Waals surface area contributed by atoms with Crippen LogP contribution in [0.1, 0.15) is 50.8 Å². The number of amides is 2. The summed E-state index contributed by atoms with van der Waals surface area (Å²) in [5, 5.41) is 3.13. The maximum Gasteiger partial charge on any atom is 0.318 e. The lowest BCUT2D eigenvalue weighted by Crippen LogP contribution is -2.47. The van der Waals surface area contributed by atoms with E-state index < -0.39 is 0 Å². The number of nitrogens with zero attached hydrogens (tertiary/aromatic N) is 3. The Hall–Kier alpha value is -2.24. The number of aromatic nitrogens is 2. The smallest absolute Gasteiger partial charge is 0.318 e. The van der Waals surface area contributed by atoms with Crippen LogP contribution in [-0.4, -0.2) is 40.2 Å². The van der Waals surface area contributed by atoms with E-state index in [-0.39, 0.29) is 6.03 Å². The fourth-order valence-electron chi connectivity index (χ4n) is 4.14. The third-order valence-electron chi connectivity index (χ3n) is 6.01. The third-order valence-corrected chi connectivity index (χ3v) is 6.01. The van der Waals surface area contributed by atoms with E-state index in [9.17, 15) is 4.79 Å². The molecule has 27 heavy (non-hydrogen) atoms. The summed E-state index contributed by atoms with van der Waals surface area (Å²) in [5.41, 5.74) is 1.94. The number of methoxy groups -OCH3 is 1. The van der Waals surface area contributed by atoms with E-state index in [1.807, 2.05) is 29.8 Å². The lowest BCUT2D eigenvalue weighted by molar-refractivity contribution is 0.151. The van der Waals surface area contributed by atoms with Crippen LogP contribution in [0.5, 0.6) is 5.75 Å². The highest BCUT2D eigenvalue weighted by Gasteiger charge is 2.31. The maximum atomic E-state index is 13.0. The molecule has 1 aromatic heterocycles. The Morgan fingerprint density at radius 1 is 1.26 bits per heavy atom. The number of benzene rings is 1. The number of carbonyl (C=O) groups excluding carboxylic acids is 1. The molecule has 2 aromatic rings. The van der Waals surface area contributed by atoms with Crippen molar-refractivity contribution in [1.29, 1.82) is 0 Å². The van der Waals surface area contributed by atoms with E-state index in [4.69, 9.17) is 4.74 Å². The molecule has 2 fully saturated rings. The molecule has 1 N–H and O–H groups in total. The minimum atomic E-state index is 0.0680. The normalized spacial score (nSPS) is 17.9. The van der Waals surface area contributed by atoms with Crippen LogP contribution in [0.25, 0.3) is 11.0 Å². The topological polar surface area (TPSA) is 59.4 Å². The first-order valence-electron chi connectivity index (χ1n) is 10.2. The largest absolute Gasteiger partial charge is 0.497 e. The van der Waals surface area contributed by atoms with Crippen molar-refractivity contribution in [3.63, 3.8) is 0 Å². The summed E-state index contributed by atoms with van der Waals surface area (Å²) in [6, 6.07) is 6.35. The van der Waals surface area contributed by atoms with Gasteiger partial charge in [-0.3, -0.25) is 0 Å². The second-order valence-corrected chi connectivity index (χ2v) is 7.99. The van der Waals surface area contributed by atoms with Crippen molar-refractivity contribution in [3.05, 3.63) is 24.0 Å². The lowest BCUT2D eigenvalue weighted by Gasteiger charge is -2.34. The van der Waals surface area contributed by atoms with Crippen LogP contribution in [0.2, 0.25) is 0 Å². The van der Waals surface area contributed by atoms with E-state index in [2.05, 4.69) is 15.2 Å². The molecule has 6 heteroatoms. The minimum Gasteiger partial charge on any atom is -0.497 e. The standard InChI is InChI=1S/C21H30N4O2/c1-24-19-11-10-17(27-2)12-18(19)23-20(24)13-22-21(26)25(14-15-8-9-15)16-6-4-3-5-7-16/h10-12,15-16H,3-9,13-14H2,1-2H3,(H,22,26). The Morgan fingerprint density at radius 3 is 2.74 bits per heavy atom. The molecule has 4 rings (SSSR count). The van der Waals surface area contributed by atoms with Gasteiger partial charge in [-0.2, -0.15) is 0 Å². The summed E-state index contributed by atoms with van der Waals surface area (Å²) in [5.74, 6) is 2.37. The van der Waals surface area contributed by atoms with E-state index in [1.54, 1.807) is 7.11 Å². The summed E-state index contributed by atoms with van der Waals surface area (Å²) < 4.78 is 7.33. The second kappa shape index (κ2) is 7.79. The lowest BCUT2D eigenvalue weighted by atomic mass is 9.94. The van der Waals surface area contributed by atoms with Crippen LogP contribution in [0.4, 0.5) is 4.79 Å². The molecule has 0 saturated heterocycles. The Balaban J connectivity index is 1.45. The van der Waals surface area contributed by atoms with Gasteiger partial charge in [0, 0.05) is 25.7 Å². The average Bonchev–Trinajstić information content (AvgIpc) is 3.47. The quantitative estimate of drug-likeness (QED) is 0.840.